The van der Waals surface area contributed by atoms with Crippen molar-refractivity contribution in [1.82, 2.24) is 4.68 Å². The fourth-order valence-electron chi connectivity index (χ4n) is 3.73. The molecule has 3 amide bonds. The van der Waals surface area contributed by atoms with Gasteiger partial charge in [0.05, 0.1) is 5.52 Å². The molecule has 0 spiro atoms. The van der Waals surface area contributed by atoms with Crippen LogP contribution < -0.4 is 16.1 Å². The second kappa shape index (κ2) is 9.52. The van der Waals surface area contributed by atoms with Crippen LogP contribution >= 0.6 is 15.9 Å². The maximum absolute atomic E-state index is 13.1. The van der Waals surface area contributed by atoms with E-state index in [0.29, 0.717) is 16.9 Å². The average Bonchev–Trinajstić information content (AvgIpc) is 3.13. The van der Waals surface area contributed by atoms with Crippen LogP contribution in [0.1, 0.15) is 27.2 Å². The van der Waals surface area contributed by atoms with E-state index >= 15 is 0 Å². The normalized spacial score (nSPS) is 10.7. The summed E-state index contributed by atoms with van der Waals surface area (Å²) in [5.41, 5.74) is 7.23. The first-order chi connectivity index (χ1) is 16.2. The lowest BCUT2D eigenvalue weighted by atomic mass is 10.1. The standard InChI is InChI=1S/C26H23BrN4O3/c1-15-6-4-9-20(12-15)28-24(32)22-14-18-13-19(27)10-11-21(18)31(22)30-26(34)25(33)29-23-16(2)7-5-8-17(23)3/h4-14H,1-3H3,(H,28,32)(H,29,33)(H,30,34). The van der Waals surface area contributed by atoms with Crippen molar-refractivity contribution < 1.29 is 14.4 Å². The molecular formula is C26H23BrN4O3. The summed E-state index contributed by atoms with van der Waals surface area (Å²) in [6, 6.07) is 20.0. The quantitative estimate of drug-likeness (QED) is 0.320. The molecule has 8 heteroatoms. The highest BCUT2D eigenvalue weighted by molar-refractivity contribution is 9.10. The average molecular weight is 519 g/mol. The van der Waals surface area contributed by atoms with E-state index in [9.17, 15) is 14.4 Å². The summed E-state index contributed by atoms with van der Waals surface area (Å²) < 4.78 is 2.15. The van der Waals surface area contributed by atoms with Gasteiger partial charge in [0, 0.05) is 21.2 Å². The van der Waals surface area contributed by atoms with Crippen molar-refractivity contribution in [1.29, 1.82) is 0 Å². The Bertz CT molecular complexity index is 1420. The Morgan fingerprint density at radius 2 is 1.50 bits per heavy atom. The van der Waals surface area contributed by atoms with Crippen molar-refractivity contribution in [2.24, 2.45) is 0 Å². The van der Waals surface area contributed by atoms with E-state index in [1.807, 2.05) is 63.2 Å². The molecule has 3 aromatic carbocycles. The molecule has 0 saturated heterocycles. The van der Waals surface area contributed by atoms with Crippen molar-refractivity contribution in [3.05, 3.63) is 93.6 Å². The van der Waals surface area contributed by atoms with Gasteiger partial charge in [0.25, 0.3) is 5.91 Å². The van der Waals surface area contributed by atoms with Crippen LogP contribution in [-0.4, -0.2) is 22.4 Å². The van der Waals surface area contributed by atoms with Gasteiger partial charge < -0.3 is 10.6 Å². The molecular weight excluding hydrogens is 496 g/mol. The summed E-state index contributed by atoms with van der Waals surface area (Å²) in [4.78, 5) is 38.7. The lowest BCUT2D eigenvalue weighted by molar-refractivity contribution is -0.133. The van der Waals surface area contributed by atoms with Gasteiger partial charge >= 0.3 is 11.8 Å². The second-order valence-corrected chi connectivity index (χ2v) is 8.97. The van der Waals surface area contributed by atoms with Crippen LogP contribution in [0, 0.1) is 20.8 Å². The maximum Gasteiger partial charge on any atom is 0.328 e. The summed E-state index contributed by atoms with van der Waals surface area (Å²) in [6.07, 6.45) is 0. The number of nitrogens with one attached hydrogen (secondary N) is 3. The molecule has 4 aromatic rings. The van der Waals surface area contributed by atoms with Crippen LogP contribution in [0.2, 0.25) is 0 Å². The number of nitrogens with zero attached hydrogens (tertiary/aromatic N) is 1. The van der Waals surface area contributed by atoms with Gasteiger partial charge in [-0.2, -0.15) is 0 Å². The SMILES string of the molecule is Cc1cccc(NC(=O)c2cc3cc(Br)ccc3n2NC(=O)C(=O)Nc2c(C)cccc2C)c1. The minimum absolute atomic E-state index is 0.183. The fraction of sp³-hybridized carbons (Fsp3) is 0.115. The zero-order valence-corrected chi connectivity index (χ0v) is 20.5. The molecule has 0 aliphatic heterocycles. The Hall–Kier alpha value is -3.91. The lowest BCUT2D eigenvalue weighted by Crippen LogP contribution is -2.36. The summed E-state index contributed by atoms with van der Waals surface area (Å²) >= 11 is 3.43. The van der Waals surface area contributed by atoms with Gasteiger partial charge in [0.2, 0.25) is 0 Å². The van der Waals surface area contributed by atoms with Gasteiger partial charge in [-0.15, -0.1) is 0 Å². The number of carbonyl (C=O) groups excluding carboxylic acids is 3. The highest BCUT2D eigenvalue weighted by Crippen LogP contribution is 2.24. The molecule has 0 aliphatic rings. The van der Waals surface area contributed by atoms with E-state index < -0.39 is 17.7 Å². The summed E-state index contributed by atoms with van der Waals surface area (Å²) in [5.74, 6) is -2.15. The van der Waals surface area contributed by atoms with Gasteiger partial charge in [0.15, 0.2) is 0 Å². The number of halogens is 1. The van der Waals surface area contributed by atoms with Gasteiger partial charge in [-0.1, -0.05) is 46.3 Å². The van der Waals surface area contributed by atoms with Crippen LogP contribution in [0.25, 0.3) is 10.9 Å². The first-order valence-corrected chi connectivity index (χ1v) is 11.4. The molecule has 3 N–H and O–H groups in total. The third kappa shape index (κ3) is 4.87. The Balaban J connectivity index is 1.65. The number of aromatic nitrogens is 1. The van der Waals surface area contributed by atoms with Crippen molar-refractivity contribution in [3.8, 4) is 0 Å². The summed E-state index contributed by atoms with van der Waals surface area (Å²) in [6.45, 7) is 5.64. The van der Waals surface area contributed by atoms with E-state index in [2.05, 4.69) is 32.0 Å². The molecule has 7 nitrogen and oxygen atoms in total. The predicted octanol–water partition coefficient (Wildman–Crippen LogP) is 5.29. The number of anilines is 2. The van der Waals surface area contributed by atoms with E-state index in [4.69, 9.17) is 0 Å². The molecule has 0 unspecified atom stereocenters. The Morgan fingerprint density at radius 1 is 0.794 bits per heavy atom. The molecule has 0 saturated carbocycles. The zero-order valence-electron chi connectivity index (χ0n) is 18.9. The number of carbonyl (C=O) groups is 3. The Kier molecular flexibility index (Phi) is 6.51. The van der Waals surface area contributed by atoms with E-state index in [1.165, 1.54) is 4.68 Å². The van der Waals surface area contributed by atoms with E-state index in [1.54, 1.807) is 24.3 Å². The zero-order chi connectivity index (χ0) is 24.4. The van der Waals surface area contributed by atoms with Crippen molar-refractivity contribution >= 4 is 55.9 Å². The number of hydrogen-bond donors (Lipinski definition) is 3. The maximum atomic E-state index is 13.1. The minimum Gasteiger partial charge on any atom is -0.321 e. The highest BCUT2D eigenvalue weighted by atomic mass is 79.9. The van der Waals surface area contributed by atoms with Crippen molar-refractivity contribution in [2.45, 2.75) is 20.8 Å². The number of hydrogen-bond acceptors (Lipinski definition) is 3. The number of para-hydroxylation sites is 1. The van der Waals surface area contributed by atoms with Gasteiger partial charge in [-0.05, 0) is 73.9 Å². The Morgan fingerprint density at radius 3 is 2.21 bits per heavy atom. The molecule has 0 aliphatic carbocycles. The minimum atomic E-state index is -0.896. The predicted molar refractivity (Wildman–Crippen MR) is 138 cm³/mol. The Labute approximate surface area is 205 Å². The largest absolute Gasteiger partial charge is 0.328 e. The molecule has 0 fully saturated rings. The second-order valence-electron chi connectivity index (χ2n) is 8.05. The number of aryl methyl sites for hydroxylation is 3. The topological polar surface area (TPSA) is 92.2 Å². The van der Waals surface area contributed by atoms with E-state index in [-0.39, 0.29) is 5.69 Å². The van der Waals surface area contributed by atoms with Gasteiger partial charge in [0.1, 0.15) is 5.69 Å². The van der Waals surface area contributed by atoms with Gasteiger partial charge in [-0.3, -0.25) is 19.8 Å². The third-order valence-electron chi connectivity index (χ3n) is 5.41. The molecule has 0 atom stereocenters. The van der Waals surface area contributed by atoms with Crippen molar-refractivity contribution in [3.63, 3.8) is 0 Å². The molecule has 34 heavy (non-hydrogen) atoms. The number of fused-ring (bicyclic) bond motifs is 1. The van der Waals surface area contributed by atoms with Crippen LogP contribution in [0.4, 0.5) is 11.4 Å². The van der Waals surface area contributed by atoms with Crippen LogP contribution in [-0.2, 0) is 9.59 Å². The lowest BCUT2D eigenvalue weighted by Gasteiger charge is -2.14. The number of rotatable bonds is 4. The molecule has 1 heterocycles. The van der Waals surface area contributed by atoms with Crippen LogP contribution in [0.5, 0.6) is 0 Å². The molecule has 4 rings (SSSR count). The number of benzene rings is 3. The smallest absolute Gasteiger partial charge is 0.321 e. The summed E-state index contributed by atoms with van der Waals surface area (Å²) in [7, 11) is 0. The third-order valence-corrected chi connectivity index (χ3v) is 5.90. The van der Waals surface area contributed by atoms with E-state index in [0.717, 1.165) is 26.5 Å². The van der Waals surface area contributed by atoms with Crippen molar-refractivity contribution in [2.75, 3.05) is 16.1 Å². The monoisotopic (exact) mass is 518 g/mol. The number of amides is 3. The first-order valence-electron chi connectivity index (χ1n) is 10.6. The van der Waals surface area contributed by atoms with Crippen LogP contribution in [0.15, 0.2) is 71.2 Å². The fourth-order valence-corrected chi connectivity index (χ4v) is 4.10. The van der Waals surface area contributed by atoms with Gasteiger partial charge in [-0.25, -0.2) is 4.68 Å². The summed E-state index contributed by atoms with van der Waals surface area (Å²) in [5, 5.41) is 6.24. The molecule has 0 radical (unpaired) electrons. The first kappa shape index (κ1) is 23.3. The molecule has 172 valence electrons. The molecule has 0 bridgehead atoms. The molecule has 1 aromatic heterocycles. The van der Waals surface area contributed by atoms with Crippen LogP contribution in [0.3, 0.4) is 0 Å². The highest BCUT2D eigenvalue weighted by Gasteiger charge is 2.22.